The maximum absolute atomic E-state index is 13.2. The molecule has 0 aliphatic rings. The zero-order valence-corrected chi connectivity index (χ0v) is 19.1. The number of hydrogen-bond acceptors (Lipinski definition) is 9. The Morgan fingerprint density at radius 2 is 1.56 bits per heavy atom. The van der Waals surface area contributed by atoms with E-state index in [9.17, 15) is 18.5 Å². The van der Waals surface area contributed by atoms with Gasteiger partial charge in [-0.15, -0.1) is 0 Å². The molecule has 3 aromatic carbocycles. The number of aromatic nitrogens is 2. The van der Waals surface area contributed by atoms with Crippen LogP contribution in [0.25, 0.3) is 11.0 Å². The van der Waals surface area contributed by atoms with Gasteiger partial charge in [-0.25, -0.2) is 18.4 Å². The highest BCUT2D eigenvalue weighted by atomic mass is 32.2. The number of nitro groups is 1. The maximum atomic E-state index is 13.2. The molecule has 1 aromatic heterocycles. The molecule has 0 spiro atoms. The zero-order valence-electron chi connectivity index (χ0n) is 18.3. The number of non-ortho nitro benzene ring substituents is 1. The number of benzene rings is 3. The Bertz CT molecular complexity index is 1470. The first-order valence-electron chi connectivity index (χ1n) is 10.0. The lowest BCUT2D eigenvalue weighted by Crippen LogP contribution is -2.11. The Balaban J connectivity index is 1.79. The zero-order chi connectivity index (χ0) is 24.3. The molecule has 0 saturated heterocycles. The van der Waals surface area contributed by atoms with Gasteiger partial charge in [0.05, 0.1) is 40.8 Å². The van der Waals surface area contributed by atoms with Gasteiger partial charge in [-0.1, -0.05) is 18.2 Å². The number of fused-ring (bicyclic) bond motifs is 1. The molecule has 0 bridgehead atoms. The Labute approximate surface area is 195 Å². The smallest absolute Gasteiger partial charge is 0.270 e. The van der Waals surface area contributed by atoms with Crippen molar-refractivity contribution in [3.05, 3.63) is 82.5 Å². The summed E-state index contributed by atoms with van der Waals surface area (Å²) < 4.78 is 36.9. The summed E-state index contributed by atoms with van der Waals surface area (Å²) in [6.07, 6.45) is 0. The lowest BCUT2D eigenvalue weighted by Gasteiger charge is -2.14. The van der Waals surface area contributed by atoms with Gasteiger partial charge < -0.3 is 14.8 Å². The first-order valence-corrected chi connectivity index (χ1v) is 11.7. The highest BCUT2D eigenvalue weighted by molar-refractivity contribution is 7.90. The molecule has 11 heteroatoms. The van der Waals surface area contributed by atoms with Crippen LogP contribution < -0.4 is 14.8 Å². The van der Waals surface area contributed by atoms with Crippen molar-refractivity contribution in [2.24, 2.45) is 0 Å². The van der Waals surface area contributed by atoms with Crippen molar-refractivity contribution in [2.45, 2.75) is 10.6 Å². The number of rotatable bonds is 8. The van der Waals surface area contributed by atoms with E-state index in [-0.39, 0.29) is 22.1 Å². The number of nitro benzene ring substituents is 1. The first-order chi connectivity index (χ1) is 16.3. The Hall–Kier alpha value is -4.25. The summed E-state index contributed by atoms with van der Waals surface area (Å²) in [4.78, 5) is 19.4. The number of nitrogens with one attached hydrogen (secondary N) is 1. The third-order valence-corrected chi connectivity index (χ3v) is 6.60. The van der Waals surface area contributed by atoms with E-state index in [2.05, 4.69) is 15.3 Å². The molecule has 0 unspecified atom stereocenters. The van der Waals surface area contributed by atoms with Gasteiger partial charge in [0.2, 0.25) is 0 Å². The molecule has 1 N–H and O–H groups in total. The molecular formula is C23H20N4O6S. The number of ether oxygens (including phenoxy) is 2. The molecule has 10 nitrogen and oxygen atoms in total. The number of anilines is 2. The number of sulfone groups is 1. The molecule has 0 atom stereocenters. The highest BCUT2D eigenvalue weighted by Gasteiger charge is 2.22. The molecule has 0 radical (unpaired) electrons. The summed E-state index contributed by atoms with van der Waals surface area (Å²) in [5, 5.41) is 14.2. The number of hydrogen-bond donors (Lipinski definition) is 1. The standard InChI is InChI=1S/C23H20N4O6S/c1-32-17-10-15(11-18(13-17)33-2)24-23-22(25-20-8-3-4-9-21(20)26-23)14-34(30,31)19-7-5-6-16(12-19)27(28)29/h3-13H,14H2,1-2H3,(H,24,26). The van der Waals surface area contributed by atoms with E-state index in [4.69, 9.17) is 9.47 Å². The molecule has 0 saturated carbocycles. The largest absolute Gasteiger partial charge is 0.497 e. The van der Waals surface area contributed by atoms with Crippen molar-refractivity contribution >= 4 is 38.1 Å². The van der Waals surface area contributed by atoms with E-state index in [1.54, 1.807) is 42.5 Å². The van der Waals surface area contributed by atoms with Crippen molar-refractivity contribution in [2.75, 3.05) is 19.5 Å². The molecule has 4 aromatic rings. The predicted octanol–water partition coefficient (Wildman–Crippen LogP) is 4.27. The van der Waals surface area contributed by atoms with Crippen LogP contribution in [0.2, 0.25) is 0 Å². The van der Waals surface area contributed by atoms with Crippen molar-refractivity contribution in [3.8, 4) is 11.5 Å². The second-order valence-corrected chi connectivity index (χ2v) is 9.24. The van der Waals surface area contributed by atoms with Gasteiger partial charge in [0.15, 0.2) is 15.7 Å². The SMILES string of the molecule is COc1cc(Nc2nc3ccccc3nc2CS(=O)(=O)c2cccc([N+](=O)[O-])c2)cc(OC)c1. The van der Waals surface area contributed by atoms with Crippen LogP contribution in [0.4, 0.5) is 17.2 Å². The fraction of sp³-hybridized carbons (Fsp3) is 0.130. The van der Waals surface area contributed by atoms with E-state index < -0.39 is 20.5 Å². The van der Waals surface area contributed by atoms with Crippen LogP contribution in [0.15, 0.2) is 71.6 Å². The van der Waals surface area contributed by atoms with Crippen LogP contribution in [0.5, 0.6) is 11.5 Å². The second-order valence-electron chi connectivity index (χ2n) is 7.25. The van der Waals surface area contributed by atoms with Crippen LogP contribution in [0.3, 0.4) is 0 Å². The van der Waals surface area contributed by atoms with Gasteiger partial charge in [0.25, 0.3) is 5.69 Å². The van der Waals surface area contributed by atoms with Gasteiger partial charge in [-0.05, 0) is 18.2 Å². The minimum absolute atomic E-state index is 0.159. The average molecular weight is 481 g/mol. The first kappa shape index (κ1) is 22.9. The summed E-state index contributed by atoms with van der Waals surface area (Å²) >= 11 is 0. The van der Waals surface area contributed by atoms with Crippen LogP contribution >= 0.6 is 0 Å². The Kier molecular flexibility index (Phi) is 6.28. The van der Waals surface area contributed by atoms with Gasteiger partial charge in [0, 0.05) is 36.0 Å². The molecule has 0 aliphatic carbocycles. The third kappa shape index (κ3) is 4.89. The van der Waals surface area contributed by atoms with Gasteiger partial charge >= 0.3 is 0 Å². The third-order valence-electron chi connectivity index (χ3n) is 4.97. The molecular weight excluding hydrogens is 460 g/mol. The van der Waals surface area contributed by atoms with E-state index >= 15 is 0 Å². The van der Waals surface area contributed by atoms with Crippen LogP contribution in [-0.4, -0.2) is 37.5 Å². The van der Waals surface area contributed by atoms with Gasteiger partial charge in [0.1, 0.15) is 17.3 Å². The summed E-state index contributed by atoms with van der Waals surface area (Å²) in [5.74, 6) is 0.765. The van der Waals surface area contributed by atoms with Crippen molar-refractivity contribution in [1.82, 2.24) is 9.97 Å². The number of methoxy groups -OCH3 is 2. The van der Waals surface area contributed by atoms with Gasteiger partial charge in [-0.3, -0.25) is 10.1 Å². The second kappa shape index (κ2) is 9.32. The molecule has 34 heavy (non-hydrogen) atoms. The quantitative estimate of drug-likeness (QED) is 0.290. The normalized spacial score (nSPS) is 11.2. The topological polar surface area (TPSA) is 134 Å². The lowest BCUT2D eigenvalue weighted by molar-refractivity contribution is -0.385. The van der Waals surface area contributed by atoms with Crippen molar-refractivity contribution < 1.29 is 22.8 Å². The molecule has 0 aliphatic heterocycles. The molecule has 0 fully saturated rings. The summed E-state index contributed by atoms with van der Waals surface area (Å²) in [7, 11) is -0.936. The van der Waals surface area contributed by atoms with Crippen molar-refractivity contribution in [1.29, 1.82) is 0 Å². The number of nitrogens with zero attached hydrogens (tertiary/aromatic N) is 3. The Morgan fingerprint density at radius 3 is 2.18 bits per heavy atom. The maximum Gasteiger partial charge on any atom is 0.270 e. The van der Waals surface area contributed by atoms with E-state index in [1.165, 1.54) is 32.4 Å². The fourth-order valence-corrected chi connectivity index (χ4v) is 4.62. The lowest BCUT2D eigenvalue weighted by atomic mass is 10.2. The predicted molar refractivity (Wildman–Crippen MR) is 126 cm³/mol. The summed E-state index contributed by atoms with van der Waals surface area (Å²) in [6, 6.07) is 17.1. The van der Waals surface area contributed by atoms with E-state index in [0.29, 0.717) is 28.2 Å². The highest BCUT2D eigenvalue weighted by Crippen LogP contribution is 2.30. The molecule has 174 valence electrons. The minimum atomic E-state index is -3.97. The van der Waals surface area contributed by atoms with Gasteiger partial charge in [-0.2, -0.15) is 0 Å². The molecule has 4 rings (SSSR count). The minimum Gasteiger partial charge on any atom is -0.497 e. The van der Waals surface area contributed by atoms with Crippen LogP contribution in [-0.2, 0) is 15.6 Å². The summed E-state index contributed by atoms with van der Waals surface area (Å²) in [6.45, 7) is 0. The fourth-order valence-electron chi connectivity index (χ4n) is 3.31. The van der Waals surface area contributed by atoms with E-state index in [1.807, 2.05) is 0 Å². The molecule has 0 amide bonds. The van der Waals surface area contributed by atoms with Crippen molar-refractivity contribution in [3.63, 3.8) is 0 Å². The van der Waals surface area contributed by atoms with Crippen LogP contribution in [0, 0.1) is 10.1 Å². The van der Waals surface area contributed by atoms with E-state index in [0.717, 1.165) is 6.07 Å². The Morgan fingerprint density at radius 1 is 0.912 bits per heavy atom. The van der Waals surface area contributed by atoms with Crippen LogP contribution in [0.1, 0.15) is 5.69 Å². The number of para-hydroxylation sites is 2. The summed E-state index contributed by atoms with van der Waals surface area (Å²) in [5.41, 5.74) is 1.48. The average Bonchev–Trinajstić information content (AvgIpc) is 2.84. The molecule has 1 heterocycles. The monoisotopic (exact) mass is 480 g/mol.